The summed E-state index contributed by atoms with van der Waals surface area (Å²) in [6, 6.07) is 5.51. The predicted octanol–water partition coefficient (Wildman–Crippen LogP) is 1.20. The molecular formula is C19H20N4O5S. The summed E-state index contributed by atoms with van der Waals surface area (Å²) in [6.07, 6.45) is 1.40. The van der Waals surface area contributed by atoms with Crippen LogP contribution in [0, 0.1) is 5.92 Å². The number of piperidine rings is 1. The number of thiazole rings is 1. The Balaban J connectivity index is 1.26. The summed E-state index contributed by atoms with van der Waals surface area (Å²) in [5.41, 5.74) is 1.46. The Hall–Kier alpha value is -3.14. The summed E-state index contributed by atoms with van der Waals surface area (Å²) < 4.78 is 10.6. The summed E-state index contributed by atoms with van der Waals surface area (Å²) in [5.74, 6) is -0.131. The van der Waals surface area contributed by atoms with Gasteiger partial charge in [-0.25, -0.2) is 4.98 Å². The van der Waals surface area contributed by atoms with E-state index in [0.717, 1.165) is 12.0 Å². The molecule has 4 rings (SSSR count). The maximum Gasteiger partial charge on any atom is 0.238 e. The lowest BCUT2D eigenvalue weighted by atomic mass is 9.98. The van der Waals surface area contributed by atoms with Gasteiger partial charge in [0.2, 0.25) is 24.5 Å². The Morgan fingerprint density at radius 1 is 1.28 bits per heavy atom. The molecule has 0 spiro atoms. The van der Waals surface area contributed by atoms with Gasteiger partial charge >= 0.3 is 0 Å². The van der Waals surface area contributed by atoms with Crippen molar-refractivity contribution in [3.63, 3.8) is 0 Å². The Morgan fingerprint density at radius 2 is 2.14 bits per heavy atom. The highest BCUT2D eigenvalue weighted by atomic mass is 32.1. The van der Waals surface area contributed by atoms with Gasteiger partial charge in [-0.15, -0.1) is 11.3 Å². The zero-order valence-corrected chi connectivity index (χ0v) is 16.3. The van der Waals surface area contributed by atoms with E-state index < -0.39 is 5.92 Å². The highest BCUT2D eigenvalue weighted by Crippen LogP contribution is 2.32. The van der Waals surface area contributed by atoms with Crippen molar-refractivity contribution in [2.75, 3.05) is 18.7 Å². The molecule has 29 heavy (non-hydrogen) atoms. The minimum Gasteiger partial charge on any atom is -0.454 e. The lowest BCUT2D eigenvalue weighted by Gasteiger charge is -2.20. The molecule has 9 nitrogen and oxygen atoms in total. The van der Waals surface area contributed by atoms with Crippen LogP contribution in [0.25, 0.3) is 0 Å². The molecule has 1 aromatic heterocycles. The third-order valence-corrected chi connectivity index (χ3v) is 5.46. The van der Waals surface area contributed by atoms with Crippen LogP contribution in [0.2, 0.25) is 0 Å². The largest absolute Gasteiger partial charge is 0.454 e. The SMILES string of the molecule is O=C(Cc1csc(NC(=O)C2CCCNC2=O)n1)NCc1ccc2c(c1)OCO2. The molecule has 0 saturated carbocycles. The number of carbonyl (C=O) groups excluding carboxylic acids is 3. The molecule has 1 saturated heterocycles. The quantitative estimate of drug-likeness (QED) is 0.609. The van der Waals surface area contributed by atoms with Crippen LogP contribution < -0.4 is 25.4 Å². The molecule has 3 heterocycles. The number of fused-ring (bicyclic) bond motifs is 1. The van der Waals surface area contributed by atoms with E-state index in [2.05, 4.69) is 20.9 Å². The van der Waals surface area contributed by atoms with E-state index in [4.69, 9.17) is 9.47 Å². The van der Waals surface area contributed by atoms with E-state index in [1.54, 1.807) is 5.38 Å². The molecule has 1 unspecified atom stereocenters. The van der Waals surface area contributed by atoms with E-state index >= 15 is 0 Å². The van der Waals surface area contributed by atoms with Crippen molar-refractivity contribution in [1.82, 2.24) is 15.6 Å². The van der Waals surface area contributed by atoms with Gasteiger partial charge in [0.05, 0.1) is 12.1 Å². The number of amides is 3. The van der Waals surface area contributed by atoms with Crippen molar-refractivity contribution in [3.8, 4) is 11.5 Å². The second kappa shape index (κ2) is 8.48. The number of hydrogen-bond acceptors (Lipinski definition) is 7. The number of carbonyl (C=O) groups is 3. The molecule has 10 heteroatoms. The molecule has 1 aromatic carbocycles. The van der Waals surface area contributed by atoms with Gasteiger partial charge in [0.1, 0.15) is 5.92 Å². The first kappa shape index (κ1) is 19.2. The maximum atomic E-state index is 12.2. The van der Waals surface area contributed by atoms with Gasteiger partial charge in [0.15, 0.2) is 16.6 Å². The minimum absolute atomic E-state index is 0.0981. The number of anilines is 1. The summed E-state index contributed by atoms with van der Waals surface area (Å²) in [5, 5.41) is 10.3. The molecule has 1 atom stereocenters. The molecule has 0 bridgehead atoms. The van der Waals surface area contributed by atoms with Gasteiger partial charge in [-0.1, -0.05) is 6.07 Å². The molecule has 2 aliphatic heterocycles. The van der Waals surface area contributed by atoms with Crippen LogP contribution in [0.1, 0.15) is 24.1 Å². The van der Waals surface area contributed by atoms with Gasteiger partial charge in [0.25, 0.3) is 0 Å². The molecule has 0 radical (unpaired) electrons. The third kappa shape index (κ3) is 4.65. The monoisotopic (exact) mass is 416 g/mol. The fourth-order valence-electron chi connectivity index (χ4n) is 3.14. The van der Waals surface area contributed by atoms with Crippen molar-refractivity contribution in [1.29, 1.82) is 0 Å². The average molecular weight is 416 g/mol. The van der Waals surface area contributed by atoms with Gasteiger partial charge < -0.3 is 25.4 Å². The number of benzene rings is 1. The normalized spacial score (nSPS) is 17.5. The first-order chi connectivity index (χ1) is 14.1. The molecule has 152 valence electrons. The standard InChI is InChI=1S/C19H20N4O5S/c24-16(21-8-11-3-4-14-15(6-11)28-10-27-14)7-12-9-29-19(22-12)23-18(26)13-2-1-5-20-17(13)25/h3-4,6,9,13H,1-2,5,7-8,10H2,(H,20,25)(H,21,24)(H,22,23,26). The van der Waals surface area contributed by atoms with Crippen molar-refractivity contribution >= 4 is 34.2 Å². The van der Waals surface area contributed by atoms with E-state index in [9.17, 15) is 14.4 Å². The molecule has 2 aliphatic rings. The molecule has 0 aliphatic carbocycles. The maximum absolute atomic E-state index is 12.2. The van der Waals surface area contributed by atoms with Crippen LogP contribution in [0.15, 0.2) is 23.6 Å². The number of nitrogens with zero attached hydrogens (tertiary/aromatic N) is 1. The van der Waals surface area contributed by atoms with Gasteiger partial charge in [-0.05, 0) is 30.5 Å². The topological polar surface area (TPSA) is 119 Å². The Labute approximate surface area is 170 Å². The fourth-order valence-corrected chi connectivity index (χ4v) is 3.85. The van der Waals surface area contributed by atoms with Crippen molar-refractivity contribution in [2.45, 2.75) is 25.8 Å². The first-order valence-electron chi connectivity index (χ1n) is 9.27. The lowest BCUT2D eigenvalue weighted by Crippen LogP contribution is -2.42. The zero-order valence-electron chi connectivity index (χ0n) is 15.5. The van der Waals surface area contributed by atoms with Crippen molar-refractivity contribution < 1.29 is 23.9 Å². The lowest BCUT2D eigenvalue weighted by molar-refractivity contribution is -0.134. The second-order valence-corrected chi connectivity index (χ2v) is 7.62. The van der Waals surface area contributed by atoms with Gasteiger partial charge in [-0.3, -0.25) is 14.4 Å². The van der Waals surface area contributed by atoms with Gasteiger partial charge in [0, 0.05) is 18.5 Å². The third-order valence-electron chi connectivity index (χ3n) is 4.65. The molecule has 2 aromatic rings. The highest BCUT2D eigenvalue weighted by Gasteiger charge is 2.29. The molecule has 3 N–H and O–H groups in total. The fraction of sp³-hybridized carbons (Fsp3) is 0.368. The average Bonchev–Trinajstić information content (AvgIpc) is 3.35. The molecular weight excluding hydrogens is 396 g/mol. The van der Waals surface area contributed by atoms with Crippen LogP contribution in [0.5, 0.6) is 11.5 Å². The zero-order chi connectivity index (χ0) is 20.2. The van der Waals surface area contributed by atoms with Gasteiger partial charge in [-0.2, -0.15) is 0 Å². The van der Waals surface area contributed by atoms with E-state index in [0.29, 0.717) is 41.8 Å². The number of rotatable bonds is 6. The van der Waals surface area contributed by atoms with Crippen molar-refractivity contribution in [2.24, 2.45) is 5.92 Å². The number of aromatic nitrogens is 1. The van der Waals surface area contributed by atoms with Crippen LogP contribution in [0.4, 0.5) is 5.13 Å². The van der Waals surface area contributed by atoms with Crippen molar-refractivity contribution in [3.05, 3.63) is 34.8 Å². The van der Waals surface area contributed by atoms with E-state index in [1.165, 1.54) is 11.3 Å². The summed E-state index contributed by atoms with van der Waals surface area (Å²) in [4.78, 5) is 40.5. The Bertz CT molecular complexity index is 944. The second-order valence-electron chi connectivity index (χ2n) is 6.76. The Morgan fingerprint density at radius 3 is 3.00 bits per heavy atom. The molecule has 1 fully saturated rings. The highest BCUT2D eigenvalue weighted by molar-refractivity contribution is 7.13. The smallest absolute Gasteiger partial charge is 0.238 e. The van der Waals surface area contributed by atoms with Crippen LogP contribution in [-0.4, -0.2) is 36.0 Å². The summed E-state index contributed by atoms with van der Waals surface area (Å²) in [6.45, 7) is 1.17. The predicted molar refractivity (Wildman–Crippen MR) is 105 cm³/mol. The first-order valence-corrected chi connectivity index (χ1v) is 10.1. The number of nitrogens with one attached hydrogen (secondary N) is 3. The van der Waals surface area contributed by atoms with E-state index in [-0.39, 0.29) is 30.9 Å². The van der Waals surface area contributed by atoms with Crippen LogP contribution in [0.3, 0.4) is 0 Å². The van der Waals surface area contributed by atoms with Crippen LogP contribution in [-0.2, 0) is 27.3 Å². The minimum atomic E-state index is -0.693. The number of hydrogen-bond donors (Lipinski definition) is 3. The Kier molecular flexibility index (Phi) is 5.61. The summed E-state index contributed by atoms with van der Waals surface area (Å²) >= 11 is 1.23. The van der Waals surface area contributed by atoms with E-state index in [1.807, 2.05) is 18.2 Å². The van der Waals surface area contributed by atoms with Crippen LogP contribution >= 0.6 is 11.3 Å². The molecule has 3 amide bonds. The summed E-state index contributed by atoms with van der Waals surface area (Å²) in [7, 11) is 0. The number of ether oxygens (including phenoxy) is 2.